The quantitative estimate of drug-likeness (QED) is 0.651. The maximum Gasteiger partial charge on any atom is 0.338 e. The van der Waals surface area contributed by atoms with Gasteiger partial charge in [0, 0.05) is 24.2 Å². The van der Waals surface area contributed by atoms with Crippen LogP contribution >= 0.6 is 0 Å². The van der Waals surface area contributed by atoms with E-state index in [-0.39, 0.29) is 6.61 Å². The maximum atomic E-state index is 12.1. The SMILES string of the molecule is O=C(OCc1ccccn1)c1cccc(OCc2cccnc2)c1. The summed E-state index contributed by atoms with van der Waals surface area (Å²) in [6, 6.07) is 16.2. The van der Waals surface area contributed by atoms with E-state index in [0.29, 0.717) is 23.6 Å². The molecule has 0 radical (unpaired) electrons. The zero-order valence-corrected chi connectivity index (χ0v) is 13.0. The topological polar surface area (TPSA) is 61.3 Å². The minimum absolute atomic E-state index is 0.139. The number of hydrogen-bond donors (Lipinski definition) is 0. The van der Waals surface area contributed by atoms with Crippen molar-refractivity contribution >= 4 is 5.97 Å². The lowest BCUT2D eigenvalue weighted by Crippen LogP contribution is -2.06. The normalized spacial score (nSPS) is 10.2. The number of aromatic nitrogens is 2. The summed E-state index contributed by atoms with van der Waals surface area (Å²) in [6.45, 7) is 0.528. The number of hydrogen-bond acceptors (Lipinski definition) is 5. The lowest BCUT2D eigenvalue weighted by Gasteiger charge is -2.08. The van der Waals surface area contributed by atoms with Crippen LogP contribution < -0.4 is 4.74 Å². The molecular formula is C19H16N2O3. The third-order valence-electron chi connectivity index (χ3n) is 3.28. The van der Waals surface area contributed by atoms with Crippen molar-refractivity contribution in [1.82, 2.24) is 9.97 Å². The molecule has 0 aliphatic carbocycles. The van der Waals surface area contributed by atoms with E-state index >= 15 is 0 Å². The van der Waals surface area contributed by atoms with Gasteiger partial charge >= 0.3 is 5.97 Å². The van der Waals surface area contributed by atoms with Gasteiger partial charge in [-0.25, -0.2) is 4.79 Å². The molecule has 3 aromatic rings. The molecule has 5 heteroatoms. The fourth-order valence-electron chi connectivity index (χ4n) is 2.07. The summed E-state index contributed by atoms with van der Waals surface area (Å²) in [7, 11) is 0. The second kappa shape index (κ2) is 7.87. The van der Waals surface area contributed by atoms with E-state index in [0.717, 1.165) is 5.56 Å². The molecule has 0 saturated heterocycles. The highest BCUT2D eigenvalue weighted by Crippen LogP contribution is 2.16. The Kier molecular flexibility index (Phi) is 5.14. The molecule has 2 aromatic heterocycles. The van der Waals surface area contributed by atoms with Crippen LogP contribution in [-0.2, 0) is 18.0 Å². The van der Waals surface area contributed by atoms with Gasteiger partial charge in [-0.05, 0) is 36.4 Å². The van der Waals surface area contributed by atoms with Gasteiger partial charge in [-0.15, -0.1) is 0 Å². The first kappa shape index (κ1) is 15.7. The third kappa shape index (κ3) is 4.39. The highest BCUT2D eigenvalue weighted by molar-refractivity contribution is 5.89. The molecule has 1 aromatic carbocycles. The zero-order valence-electron chi connectivity index (χ0n) is 13.0. The molecule has 120 valence electrons. The van der Waals surface area contributed by atoms with E-state index in [1.807, 2.05) is 24.3 Å². The number of carbonyl (C=O) groups excluding carboxylic acids is 1. The second-order valence-corrected chi connectivity index (χ2v) is 5.07. The van der Waals surface area contributed by atoms with Gasteiger partial charge in [0.05, 0.1) is 11.3 Å². The van der Waals surface area contributed by atoms with Crippen LogP contribution in [0.2, 0.25) is 0 Å². The molecule has 0 amide bonds. The number of benzene rings is 1. The van der Waals surface area contributed by atoms with Gasteiger partial charge in [0.2, 0.25) is 0 Å². The molecule has 0 unspecified atom stereocenters. The van der Waals surface area contributed by atoms with Crippen LogP contribution in [0.1, 0.15) is 21.6 Å². The Labute approximate surface area is 139 Å². The van der Waals surface area contributed by atoms with Crippen LogP contribution in [0.3, 0.4) is 0 Å². The van der Waals surface area contributed by atoms with Crippen molar-refractivity contribution in [3.05, 3.63) is 90.0 Å². The number of carbonyl (C=O) groups is 1. The molecule has 0 N–H and O–H groups in total. The minimum Gasteiger partial charge on any atom is -0.489 e. The van der Waals surface area contributed by atoms with Crippen molar-refractivity contribution < 1.29 is 14.3 Å². The van der Waals surface area contributed by atoms with Gasteiger partial charge in [-0.3, -0.25) is 9.97 Å². The van der Waals surface area contributed by atoms with Crippen molar-refractivity contribution in [3.8, 4) is 5.75 Å². The smallest absolute Gasteiger partial charge is 0.338 e. The molecule has 0 atom stereocenters. The summed E-state index contributed by atoms with van der Waals surface area (Å²) in [4.78, 5) is 20.3. The molecule has 5 nitrogen and oxygen atoms in total. The van der Waals surface area contributed by atoms with Gasteiger partial charge in [-0.2, -0.15) is 0 Å². The summed E-state index contributed by atoms with van der Waals surface area (Å²) in [5.74, 6) is 0.193. The van der Waals surface area contributed by atoms with Gasteiger partial charge in [0.25, 0.3) is 0 Å². The van der Waals surface area contributed by atoms with Crippen molar-refractivity contribution in [2.24, 2.45) is 0 Å². The fraction of sp³-hybridized carbons (Fsp3) is 0.105. The first-order valence-electron chi connectivity index (χ1n) is 7.50. The van der Waals surface area contributed by atoms with Gasteiger partial charge in [-0.1, -0.05) is 18.2 Å². The van der Waals surface area contributed by atoms with E-state index in [2.05, 4.69) is 9.97 Å². The Balaban J connectivity index is 1.59. The number of pyridine rings is 2. The summed E-state index contributed by atoms with van der Waals surface area (Å²) >= 11 is 0. The van der Waals surface area contributed by atoms with Crippen LogP contribution in [0.15, 0.2) is 73.2 Å². The van der Waals surface area contributed by atoms with Crippen LogP contribution in [0.25, 0.3) is 0 Å². The van der Waals surface area contributed by atoms with E-state index in [1.165, 1.54) is 0 Å². The van der Waals surface area contributed by atoms with Crippen molar-refractivity contribution in [1.29, 1.82) is 0 Å². The highest BCUT2D eigenvalue weighted by Gasteiger charge is 2.09. The first-order valence-corrected chi connectivity index (χ1v) is 7.50. The highest BCUT2D eigenvalue weighted by atomic mass is 16.5. The fourth-order valence-corrected chi connectivity index (χ4v) is 2.07. The summed E-state index contributed by atoms with van der Waals surface area (Å²) in [5, 5.41) is 0. The average molecular weight is 320 g/mol. The first-order chi connectivity index (χ1) is 11.8. The summed E-state index contributed by atoms with van der Waals surface area (Å²) in [5.41, 5.74) is 2.10. The van der Waals surface area contributed by atoms with Gasteiger partial charge in [0.1, 0.15) is 19.0 Å². The Morgan fingerprint density at radius 1 is 0.958 bits per heavy atom. The van der Waals surface area contributed by atoms with Crippen molar-refractivity contribution in [3.63, 3.8) is 0 Å². The largest absolute Gasteiger partial charge is 0.489 e. The lowest BCUT2D eigenvalue weighted by atomic mass is 10.2. The van der Waals surface area contributed by atoms with E-state index < -0.39 is 5.97 Å². The van der Waals surface area contributed by atoms with Gasteiger partial charge < -0.3 is 9.47 Å². The number of rotatable bonds is 6. The maximum absolute atomic E-state index is 12.1. The van der Waals surface area contributed by atoms with E-state index in [9.17, 15) is 4.79 Å². The third-order valence-corrected chi connectivity index (χ3v) is 3.28. The molecule has 0 aliphatic heterocycles. The molecule has 2 heterocycles. The van der Waals surface area contributed by atoms with E-state index in [1.54, 1.807) is 48.9 Å². The summed E-state index contributed by atoms with van der Waals surface area (Å²) in [6.07, 6.45) is 5.11. The van der Waals surface area contributed by atoms with Crippen LogP contribution in [0.5, 0.6) is 5.75 Å². The molecule has 0 aliphatic rings. The molecule has 0 fully saturated rings. The molecule has 0 saturated carbocycles. The summed E-state index contributed by atoms with van der Waals surface area (Å²) < 4.78 is 11.0. The van der Waals surface area contributed by atoms with Crippen molar-refractivity contribution in [2.45, 2.75) is 13.2 Å². The zero-order chi connectivity index (χ0) is 16.6. The molecular weight excluding hydrogens is 304 g/mol. The molecule has 0 spiro atoms. The van der Waals surface area contributed by atoms with Gasteiger partial charge in [0.15, 0.2) is 0 Å². The molecule has 3 rings (SSSR count). The number of ether oxygens (including phenoxy) is 2. The standard InChI is InChI=1S/C19H16N2O3/c22-19(24-14-17-7-1-2-10-21-17)16-6-3-8-18(11-16)23-13-15-5-4-9-20-12-15/h1-12H,13-14H2. The predicted octanol–water partition coefficient (Wildman–Crippen LogP) is 3.41. The van der Waals surface area contributed by atoms with E-state index in [4.69, 9.17) is 9.47 Å². The Morgan fingerprint density at radius 2 is 1.92 bits per heavy atom. The minimum atomic E-state index is -0.410. The number of nitrogens with zero attached hydrogens (tertiary/aromatic N) is 2. The monoisotopic (exact) mass is 320 g/mol. The Hall–Kier alpha value is -3.21. The van der Waals surface area contributed by atoms with Crippen LogP contribution in [0.4, 0.5) is 0 Å². The second-order valence-electron chi connectivity index (χ2n) is 5.07. The molecule has 24 heavy (non-hydrogen) atoms. The lowest BCUT2D eigenvalue weighted by molar-refractivity contribution is 0.0467. The van der Waals surface area contributed by atoms with Crippen LogP contribution in [0, 0.1) is 0 Å². The Morgan fingerprint density at radius 3 is 2.71 bits per heavy atom. The average Bonchev–Trinajstić information content (AvgIpc) is 2.66. The Bertz CT molecular complexity index is 792. The number of esters is 1. The van der Waals surface area contributed by atoms with Crippen molar-refractivity contribution in [2.75, 3.05) is 0 Å². The predicted molar refractivity (Wildman–Crippen MR) is 88.4 cm³/mol. The molecule has 0 bridgehead atoms. The van der Waals surface area contributed by atoms with Crippen LogP contribution in [-0.4, -0.2) is 15.9 Å².